The molecule has 4 nitrogen and oxygen atoms in total. The fraction of sp³-hybridized carbons (Fsp3) is 0.167. The van der Waals surface area contributed by atoms with Gasteiger partial charge in [-0.3, -0.25) is 0 Å². The largest absolute Gasteiger partial charge is 0.398 e. The van der Waals surface area contributed by atoms with Crippen LogP contribution in [0.1, 0.15) is 11.1 Å². The van der Waals surface area contributed by atoms with Gasteiger partial charge in [0, 0.05) is 6.54 Å². The summed E-state index contributed by atoms with van der Waals surface area (Å²) in [5, 5.41) is 4.13. The number of nitrogens with two attached hydrogens (primary N) is 1. The number of sulfonamides is 1. The predicted octanol–water partition coefficient (Wildman–Crippen LogP) is 2.77. The number of hydrogen-bond acceptors (Lipinski definition) is 4. The summed E-state index contributed by atoms with van der Waals surface area (Å²) >= 11 is 7.37. The Morgan fingerprint density at radius 2 is 2.11 bits per heavy atom. The van der Waals surface area contributed by atoms with Crippen molar-refractivity contribution >= 4 is 38.6 Å². The molecule has 2 rings (SSSR count). The molecule has 19 heavy (non-hydrogen) atoms. The van der Waals surface area contributed by atoms with Crippen LogP contribution in [0.3, 0.4) is 0 Å². The Kier molecular flexibility index (Phi) is 4.15. The number of aryl methyl sites for hydroxylation is 1. The molecule has 2 aromatic rings. The summed E-state index contributed by atoms with van der Waals surface area (Å²) in [6.45, 7) is 2.21. The molecule has 0 spiro atoms. The first kappa shape index (κ1) is 14.3. The molecule has 0 saturated carbocycles. The van der Waals surface area contributed by atoms with Crippen LogP contribution in [-0.2, 0) is 16.6 Å². The molecular weight excluding hydrogens is 304 g/mol. The number of nitrogens with one attached hydrogen (secondary N) is 1. The van der Waals surface area contributed by atoms with E-state index in [1.165, 1.54) is 18.2 Å². The number of nitrogen functional groups attached to an aromatic ring is 1. The summed E-state index contributed by atoms with van der Waals surface area (Å²) in [4.78, 5) is 0.111. The van der Waals surface area contributed by atoms with Crippen molar-refractivity contribution in [2.45, 2.75) is 18.4 Å². The highest BCUT2D eigenvalue weighted by Crippen LogP contribution is 2.22. The standard InChI is InChI=1S/C12H13ClN2O2S2/c1-8-6-18-7-9(8)5-15-19(16,17)10-2-3-12(14)11(13)4-10/h2-4,6-7,15H,5,14H2,1H3. The van der Waals surface area contributed by atoms with Crippen LogP contribution in [0.2, 0.25) is 5.02 Å². The van der Waals surface area contributed by atoms with E-state index < -0.39 is 10.0 Å². The summed E-state index contributed by atoms with van der Waals surface area (Å²) in [6, 6.07) is 4.26. The lowest BCUT2D eigenvalue weighted by molar-refractivity contribution is 0.581. The fourth-order valence-corrected chi connectivity index (χ4v) is 3.63. The van der Waals surface area contributed by atoms with Crippen LogP contribution in [0.25, 0.3) is 0 Å². The number of anilines is 1. The van der Waals surface area contributed by atoms with Crippen molar-refractivity contribution in [3.8, 4) is 0 Å². The van der Waals surface area contributed by atoms with E-state index in [2.05, 4.69) is 4.72 Å². The molecule has 1 aromatic carbocycles. The Morgan fingerprint density at radius 3 is 2.68 bits per heavy atom. The van der Waals surface area contributed by atoms with Gasteiger partial charge in [0.05, 0.1) is 15.6 Å². The zero-order valence-corrected chi connectivity index (χ0v) is 12.6. The molecule has 0 aliphatic rings. The van der Waals surface area contributed by atoms with Gasteiger partial charge in [-0.15, -0.1) is 0 Å². The van der Waals surface area contributed by atoms with E-state index in [0.717, 1.165) is 11.1 Å². The SMILES string of the molecule is Cc1cscc1CNS(=O)(=O)c1ccc(N)c(Cl)c1. The fourth-order valence-electron chi connectivity index (χ4n) is 1.50. The van der Waals surface area contributed by atoms with Crippen LogP contribution < -0.4 is 10.5 Å². The Labute approximate surface area is 121 Å². The van der Waals surface area contributed by atoms with Gasteiger partial charge in [0.2, 0.25) is 10.0 Å². The van der Waals surface area contributed by atoms with Gasteiger partial charge in [0.25, 0.3) is 0 Å². The summed E-state index contributed by atoms with van der Waals surface area (Å²) in [5.74, 6) is 0. The molecule has 0 fully saturated rings. The molecule has 0 bridgehead atoms. The van der Waals surface area contributed by atoms with Crippen LogP contribution in [0.5, 0.6) is 0 Å². The van der Waals surface area contributed by atoms with Gasteiger partial charge >= 0.3 is 0 Å². The minimum atomic E-state index is -3.58. The second kappa shape index (κ2) is 5.50. The Hall–Kier alpha value is -1.08. The van der Waals surface area contributed by atoms with Crippen LogP contribution in [-0.4, -0.2) is 8.42 Å². The zero-order chi connectivity index (χ0) is 14.0. The molecule has 7 heteroatoms. The first-order valence-corrected chi connectivity index (χ1v) is 8.27. The van der Waals surface area contributed by atoms with E-state index in [4.69, 9.17) is 17.3 Å². The second-order valence-corrected chi connectivity index (χ2v) is 7.01. The average molecular weight is 317 g/mol. The highest BCUT2D eigenvalue weighted by molar-refractivity contribution is 7.89. The topological polar surface area (TPSA) is 72.2 Å². The number of hydrogen-bond donors (Lipinski definition) is 2. The lowest BCUT2D eigenvalue weighted by Gasteiger charge is -2.08. The minimum Gasteiger partial charge on any atom is -0.398 e. The Morgan fingerprint density at radius 1 is 1.37 bits per heavy atom. The van der Waals surface area contributed by atoms with E-state index in [9.17, 15) is 8.42 Å². The molecule has 1 heterocycles. The Bertz CT molecular complexity index is 696. The molecule has 1 aromatic heterocycles. The predicted molar refractivity (Wildman–Crippen MR) is 78.9 cm³/mol. The second-order valence-electron chi connectivity index (χ2n) is 4.09. The third-order valence-corrected chi connectivity index (χ3v) is 5.33. The van der Waals surface area contributed by atoms with Gasteiger partial charge in [0.15, 0.2) is 0 Å². The number of halogens is 1. The maximum Gasteiger partial charge on any atom is 0.240 e. The number of benzene rings is 1. The van der Waals surface area contributed by atoms with E-state index in [-0.39, 0.29) is 16.5 Å². The van der Waals surface area contributed by atoms with E-state index in [1.807, 2.05) is 17.7 Å². The Balaban J connectivity index is 2.18. The molecule has 3 N–H and O–H groups in total. The molecule has 102 valence electrons. The highest BCUT2D eigenvalue weighted by Gasteiger charge is 2.15. The molecule has 0 unspecified atom stereocenters. The maximum atomic E-state index is 12.1. The minimum absolute atomic E-state index is 0.111. The van der Waals surface area contributed by atoms with E-state index in [0.29, 0.717) is 5.69 Å². The van der Waals surface area contributed by atoms with Gasteiger partial charge < -0.3 is 5.73 Å². The molecule has 0 radical (unpaired) electrons. The van der Waals surface area contributed by atoms with Crippen molar-refractivity contribution in [1.29, 1.82) is 0 Å². The van der Waals surface area contributed by atoms with Gasteiger partial charge in [-0.1, -0.05) is 11.6 Å². The lowest BCUT2D eigenvalue weighted by Crippen LogP contribution is -2.23. The zero-order valence-electron chi connectivity index (χ0n) is 10.2. The molecule has 0 atom stereocenters. The van der Waals surface area contributed by atoms with Crippen LogP contribution in [0, 0.1) is 6.92 Å². The van der Waals surface area contributed by atoms with E-state index >= 15 is 0 Å². The number of rotatable bonds is 4. The molecular formula is C12H13ClN2O2S2. The van der Waals surface area contributed by atoms with Crippen molar-refractivity contribution in [2.75, 3.05) is 5.73 Å². The maximum absolute atomic E-state index is 12.1. The van der Waals surface area contributed by atoms with Crippen molar-refractivity contribution in [3.05, 3.63) is 45.1 Å². The van der Waals surface area contributed by atoms with Crippen molar-refractivity contribution in [2.24, 2.45) is 0 Å². The smallest absolute Gasteiger partial charge is 0.240 e. The van der Waals surface area contributed by atoms with Gasteiger partial charge in [-0.25, -0.2) is 13.1 Å². The van der Waals surface area contributed by atoms with Crippen LogP contribution in [0.4, 0.5) is 5.69 Å². The van der Waals surface area contributed by atoms with Crippen molar-refractivity contribution < 1.29 is 8.42 Å². The van der Waals surface area contributed by atoms with Gasteiger partial charge in [-0.05, 0) is 47.0 Å². The summed E-state index contributed by atoms with van der Waals surface area (Å²) in [5.41, 5.74) is 7.95. The summed E-state index contributed by atoms with van der Waals surface area (Å²) in [6.07, 6.45) is 0. The summed E-state index contributed by atoms with van der Waals surface area (Å²) in [7, 11) is -3.58. The van der Waals surface area contributed by atoms with Crippen molar-refractivity contribution in [3.63, 3.8) is 0 Å². The van der Waals surface area contributed by atoms with Crippen LogP contribution >= 0.6 is 22.9 Å². The third-order valence-electron chi connectivity index (χ3n) is 2.70. The highest BCUT2D eigenvalue weighted by atomic mass is 35.5. The van der Waals surface area contributed by atoms with Crippen molar-refractivity contribution in [1.82, 2.24) is 4.72 Å². The molecule has 0 saturated heterocycles. The third kappa shape index (κ3) is 3.27. The normalized spacial score (nSPS) is 11.7. The summed E-state index contributed by atoms with van der Waals surface area (Å²) < 4.78 is 26.7. The molecule has 0 aliphatic carbocycles. The lowest BCUT2D eigenvalue weighted by atomic mass is 10.2. The quantitative estimate of drug-likeness (QED) is 0.852. The van der Waals surface area contributed by atoms with Gasteiger partial charge in [-0.2, -0.15) is 11.3 Å². The number of thiophene rings is 1. The van der Waals surface area contributed by atoms with Gasteiger partial charge in [0.1, 0.15) is 0 Å². The van der Waals surface area contributed by atoms with E-state index in [1.54, 1.807) is 11.3 Å². The molecule has 0 aliphatic heterocycles. The van der Waals surface area contributed by atoms with Crippen LogP contribution in [0.15, 0.2) is 33.9 Å². The monoisotopic (exact) mass is 316 g/mol. The first-order valence-electron chi connectivity index (χ1n) is 5.46. The molecule has 0 amide bonds. The first-order chi connectivity index (χ1) is 8.90. The average Bonchev–Trinajstić information content (AvgIpc) is 2.76.